The average Bonchev–Trinajstić information content (AvgIpc) is 1.37. The van der Waals surface area contributed by atoms with E-state index in [1.807, 2.05) is 0 Å². The number of hydrogen-bond acceptors (Lipinski definition) is 2. The molecule has 0 amide bonds. The highest BCUT2D eigenvalue weighted by molar-refractivity contribution is 4.59. The van der Waals surface area contributed by atoms with Crippen LogP contribution in [-0.2, 0) is 0 Å². The molecule has 0 aromatic rings. The fourth-order valence-electron chi connectivity index (χ4n) is 0. The second-order valence-electron chi connectivity index (χ2n) is 0.256. The molecule has 0 aromatic heterocycles. The van der Waals surface area contributed by atoms with Gasteiger partial charge in [-0.2, -0.15) is 0 Å². The van der Waals surface area contributed by atoms with E-state index in [-0.39, 0.29) is 0 Å². The molecule has 0 atom stereocenters. The van der Waals surface area contributed by atoms with Crippen LogP contribution in [0.2, 0.25) is 0 Å². The van der Waals surface area contributed by atoms with Gasteiger partial charge in [0, 0.05) is 0 Å². The summed E-state index contributed by atoms with van der Waals surface area (Å²) in [4.78, 5) is 0. The van der Waals surface area contributed by atoms with Gasteiger partial charge in [-0.25, -0.2) is 0 Å². The molecule has 22 valence electrons. The maximum Gasteiger partial charge on any atom is 0.154 e. The number of rotatable bonds is 1. The number of aliphatic hydroxyl groups excluding tert-OH is 1. The quantitative estimate of drug-likeness (QED) is 0.313. The normalized spacial score (nSPS) is 7.50. The van der Waals surface area contributed by atoms with Gasteiger partial charge in [0.15, 0.2) is 6.61 Å². The van der Waals surface area contributed by atoms with Crippen LogP contribution < -0.4 is 5.73 Å². The summed E-state index contributed by atoms with van der Waals surface area (Å²) in [6.07, 6.45) is 0. The Morgan fingerprint density at radius 1 is 1.75 bits per heavy atom. The Morgan fingerprint density at radius 2 is 2.00 bits per heavy atom. The molecule has 3 N–H and O–H groups in total. The van der Waals surface area contributed by atoms with Crippen LogP contribution in [0.5, 0.6) is 0 Å². The van der Waals surface area contributed by atoms with Gasteiger partial charge in [0.2, 0.25) is 0 Å². The number of nitrogens with two attached hydrogens (primary N) is 1. The summed E-state index contributed by atoms with van der Waals surface area (Å²) in [6.45, 7) is 3.19. The maximum atomic E-state index is 7.39. The van der Waals surface area contributed by atoms with E-state index in [4.69, 9.17) is 5.11 Å². The van der Waals surface area contributed by atoms with Gasteiger partial charge >= 0.3 is 0 Å². The van der Waals surface area contributed by atoms with Crippen molar-refractivity contribution >= 4 is 0 Å². The van der Waals surface area contributed by atoms with E-state index in [0.717, 1.165) is 0 Å². The topological polar surface area (TPSA) is 46.2 Å². The first-order valence-corrected chi connectivity index (χ1v) is 0.762. The van der Waals surface area contributed by atoms with Gasteiger partial charge in [0.1, 0.15) is 0 Å². The highest BCUT2D eigenvalue weighted by Crippen LogP contribution is 1.55. The Labute approximate surface area is 25.2 Å². The zero-order valence-electron chi connectivity index (χ0n) is 2.02. The molecule has 0 unspecified atom stereocenters. The summed E-state index contributed by atoms with van der Waals surface area (Å²) in [5.74, 6) is 0. The molecule has 4 radical (unpaired) electrons. The summed E-state index contributed by atoms with van der Waals surface area (Å²) in [7, 11) is 0. The molecule has 0 fully saturated rings. The van der Waals surface area contributed by atoms with Crippen LogP contribution >= 0.6 is 0 Å². The average molecular weight is 59.0 g/mol. The van der Waals surface area contributed by atoms with Crippen LogP contribution in [0.4, 0.5) is 0 Å². The van der Waals surface area contributed by atoms with E-state index in [9.17, 15) is 0 Å². The van der Waals surface area contributed by atoms with Crippen molar-refractivity contribution < 1.29 is 5.11 Å². The highest BCUT2D eigenvalue weighted by Gasteiger charge is 1.63. The zero-order valence-corrected chi connectivity index (χ0v) is 2.02. The van der Waals surface area contributed by atoms with E-state index in [2.05, 4.69) is 5.73 Å². The molecule has 4 heavy (non-hydrogen) atoms. The van der Waals surface area contributed by atoms with Gasteiger partial charge in [-0.3, -0.25) is 0 Å². The third-order valence-electron chi connectivity index (χ3n) is 0.0645. The van der Waals surface area contributed by atoms with Crippen molar-refractivity contribution in [1.29, 1.82) is 0 Å². The summed E-state index contributed by atoms with van der Waals surface area (Å²) in [5, 5.41) is 7.39. The van der Waals surface area contributed by atoms with Crippen molar-refractivity contribution in [2.75, 3.05) is 0 Å². The van der Waals surface area contributed by atoms with Crippen molar-refractivity contribution in [3.05, 3.63) is 13.2 Å². The molecule has 0 saturated carbocycles. The Morgan fingerprint density at radius 3 is 2.00 bits per heavy atom. The predicted octanol–water partition coefficient (Wildman–Crippen LogP) is -0.605. The molecule has 2 nitrogen and oxygen atoms in total. The van der Waals surface area contributed by atoms with Crippen LogP contribution in [0.25, 0.3) is 0 Å². The first-order valence-electron chi connectivity index (χ1n) is 0.762. The number of hydrogen-bond donors (Lipinski definition) is 2. The fourth-order valence-corrected chi connectivity index (χ4v) is 0. The van der Waals surface area contributed by atoms with Crippen molar-refractivity contribution in [3.63, 3.8) is 0 Å². The summed E-state index contributed by atoms with van der Waals surface area (Å²) in [6, 6.07) is 0. The lowest BCUT2D eigenvalue weighted by molar-refractivity contribution is 0.407. The monoisotopic (exact) mass is 59.0 g/mol. The third kappa shape index (κ3) is 1.92. The van der Waals surface area contributed by atoms with Crippen molar-refractivity contribution in [1.82, 2.24) is 0 Å². The number of aliphatic hydroxyl groups is 1. The van der Waals surface area contributed by atoms with E-state index in [1.165, 1.54) is 6.61 Å². The minimum Gasteiger partial charge on any atom is -0.381 e. The summed E-state index contributed by atoms with van der Waals surface area (Å²) in [5.41, 5.74) is 4.42. The molecule has 0 heterocycles. The largest absolute Gasteiger partial charge is 0.381 e. The lowest BCUT2D eigenvalue weighted by Gasteiger charge is -1.65. The van der Waals surface area contributed by atoms with Gasteiger partial charge in [-0.1, -0.05) is 0 Å². The zero-order chi connectivity index (χ0) is 3.41. The van der Waals surface area contributed by atoms with E-state index in [1.54, 1.807) is 6.54 Å². The second-order valence-corrected chi connectivity index (χ2v) is 0.256. The van der Waals surface area contributed by atoms with E-state index >= 15 is 0 Å². The standard InChI is InChI=1S/C2H3NO/c3-1-2-4/h4H,3H2/i1+1,2+1. The molecular weight excluding hydrogens is 56.0 g/mol. The van der Waals surface area contributed by atoms with Gasteiger partial charge in [0.25, 0.3) is 0 Å². The molecule has 2 heteroatoms. The third-order valence-corrected chi connectivity index (χ3v) is 0.0645. The Kier molecular flexibility index (Phi) is 2.86. The highest BCUT2D eigenvalue weighted by atomic mass is 16.3. The van der Waals surface area contributed by atoms with E-state index in [0.29, 0.717) is 0 Å². The van der Waals surface area contributed by atoms with Gasteiger partial charge < -0.3 is 10.8 Å². The van der Waals surface area contributed by atoms with Crippen LogP contribution in [0.15, 0.2) is 0 Å². The second kappa shape index (κ2) is 2.92. The summed E-state index contributed by atoms with van der Waals surface area (Å²) < 4.78 is 0. The van der Waals surface area contributed by atoms with Gasteiger partial charge in [-0.15, -0.1) is 0 Å². The molecule has 0 rings (SSSR count). The van der Waals surface area contributed by atoms with Crippen molar-refractivity contribution in [2.45, 2.75) is 0 Å². The summed E-state index contributed by atoms with van der Waals surface area (Å²) >= 11 is 0. The smallest absolute Gasteiger partial charge is 0.154 e. The fraction of sp³-hybridized carbons (Fsp3) is 0. The Bertz CT molecular complexity index is 8.00. The van der Waals surface area contributed by atoms with Gasteiger partial charge in [0.05, 0.1) is 6.54 Å². The lowest BCUT2D eigenvalue weighted by Crippen LogP contribution is -1.86. The molecule has 0 spiro atoms. The Hall–Kier alpha value is -0.0800. The van der Waals surface area contributed by atoms with Crippen LogP contribution in [0.3, 0.4) is 0 Å². The van der Waals surface area contributed by atoms with Crippen LogP contribution in [0, 0.1) is 13.2 Å². The molecular formula is C2H3NO. The molecule has 0 aliphatic carbocycles. The first kappa shape index (κ1) is 3.92. The SMILES string of the molecule is N[13C][13C]O. The predicted molar refractivity (Wildman–Crippen MR) is 12.6 cm³/mol. The molecule has 0 bridgehead atoms. The maximum absolute atomic E-state index is 7.39. The molecule has 0 aliphatic heterocycles. The van der Waals surface area contributed by atoms with Crippen molar-refractivity contribution in [3.8, 4) is 0 Å². The Balaban J connectivity index is 1.97. The molecule has 0 aromatic carbocycles. The van der Waals surface area contributed by atoms with Crippen molar-refractivity contribution in [2.24, 2.45) is 5.73 Å². The van der Waals surface area contributed by atoms with Gasteiger partial charge in [-0.05, 0) is 0 Å². The van der Waals surface area contributed by atoms with Crippen LogP contribution in [0.1, 0.15) is 0 Å². The first-order chi connectivity index (χ1) is 1.91. The molecule has 0 saturated heterocycles. The van der Waals surface area contributed by atoms with E-state index < -0.39 is 0 Å². The minimum atomic E-state index is 1.46. The minimum absolute atomic E-state index is 1.46. The lowest BCUT2D eigenvalue weighted by atomic mass is 11.7. The van der Waals surface area contributed by atoms with Crippen LogP contribution in [-0.4, -0.2) is 5.11 Å². The molecule has 0 aliphatic rings.